The molecule has 3 heterocycles. The van der Waals surface area contributed by atoms with Gasteiger partial charge in [0.15, 0.2) is 0 Å². The Morgan fingerprint density at radius 2 is 1.91 bits per heavy atom. The van der Waals surface area contributed by atoms with Gasteiger partial charge in [-0.25, -0.2) is 0 Å². The van der Waals surface area contributed by atoms with Crippen molar-refractivity contribution in [2.24, 2.45) is 11.8 Å². The quantitative estimate of drug-likeness (QED) is 0.852. The molecule has 1 aromatic carbocycles. The van der Waals surface area contributed by atoms with Crippen LogP contribution in [0.4, 0.5) is 0 Å². The van der Waals surface area contributed by atoms with Crippen LogP contribution in [0.1, 0.15) is 43.2 Å². The van der Waals surface area contributed by atoms with Crippen molar-refractivity contribution in [2.75, 3.05) is 19.6 Å². The number of aryl methyl sites for hydroxylation is 1. The lowest BCUT2D eigenvalue weighted by molar-refractivity contribution is -0.141. The third-order valence-corrected chi connectivity index (χ3v) is 6.20. The molecule has 5 rings (SSSR count). The van der Waals surface area contributed by atoms with Gasteiger partial charge in [-0.2, -0.15) is 0 Å². The predicted molar refractivity (Wildman–Crippen MR) is 92.0 cm³/mol. The van der Waals surface area contributed by atoms with Crippen molar-refractivity contribution in [2.45, 2.75) is 51.6 Å². The molecule has 124 valence electrons. The minimum atomic E-state index is 0.234. The summed E-state index contributed by atoms with van der Waals surface area (Å²) in [6.07, 6.45) is 6.31. The van der Waals surface area contributed by atoms with Crippen LogP contribution in [0.3, 0.4) is 0 Å². The van der Waals surface area contributed by atoms with Gasteiger partial charge in [0.05, 0.1) is 5.92 Å². The Hall–Kier alpha value is -1.35. The largest absolute Gasteiger partial charge is 0.338 e. The number of amides is 1. The second-order valence-electron chi connectivity index (χ2n) is 7.84. The Kier molecular flexibility index (Phi) is 4.14. The fourth-order valence-corrected chi connectivity index (χ4v) is 4.48. The number of carbonyl (C=O) groups is 1. The highest BCUT2D eigenvalue weighted by molar-refractivity contribution is 5.80. The lowest BCUT2D eigenvalue weighted by Gasteiger charge is -2.40. The van der Waals surface area contributed by atoms with E-state index in [9.17, 15) is 4.79 Å². The normalized spacial score (nSPS) is 28.7. The summed E-state index contributed by atoms with van der Waals surface area (Å²) in [5.74, 6) is 1.46. The molecule has 2 atom stereocenters. The van der Waals surface area contributed by atoms with Crippen LogP contribution < -0.4 is 0 Å². The summed E-state index contributed by atoms with van der Waals surface area (Å²) in [6.45, 7) is 6.21. The maximum atomic E-state index is 12.8. The van der Waals surface area contributed by atoms with E-state index < -0.39 is 0 Å². The molecule has 1 aromatic rings. The van der Waals surface area contributed by atoms with Crippen LogP contribution in [-0.4, -0.2) is 41.4 Å². The number of carbonyl (C=O) groups excluding carboxylic acids is 1. The first kappa shape index (κ1) is 15.2. The van der Waals surface area contributed by atoms with Crippen LogP contribution in [0.25, 0.3) is 0 Å². The molecular formula is C20H28N2O. The van der Waals surface area contributed by atoms with E-state index in [1.807, 2.05) is 0 Å². The summed E-state index contributed by atoms with van der Waals surface area (Å²) in [5, 5.41) is 0. The minimum Gasteiger partial charge on any atom is -0.338 e. The molecule has 4 fully saturated rings. The molecule has 1 amide bonds. The zero-order valence-electron chi connectivity index (χ0n) is 14.2. The second-order valence-corrected chi connectivity index (χ2v) is 7.84. The summed E-state index contributed by atoms with van der Waals surface area (Å²) >= 11 is 0. The monoisotopic (exact) mass is 312 g/mol. The number of benzene rings is 1. The molecule has 0 N–H and O–H groups in total. The van der Waals surface area contributed by atoms with Gasteiger partial charge in [0.25, 0.3) is 0 Å². The van der Waals surface area contributed by atoms with Gasteiger partial charge in [0, 0.05) is 32.2 Å². The zero-order chi connectivity index (χ0) is 15.8. The number of fused-ring (bicyclic) bond motifs is 4. The number of hydrogen-bond acceptors (Lipinski definition) is 2. The van der Waals surface area contributed by atoms with Gasteiger partial charge in [-0.1, -0.05) is 30.7 Å². The number of nitrogens with zero attached hydrogens (tertiary/aromatic N) is 2. The first-order valence-corrected chi connectivity index (χ1v) is 9.28. The van der Waals surface area contributed by atoms with Crippen molar-refractivity contribution in [1.29, 1.82) is 0 Å². The van der Waals surface area contributed by atoms with Gasteiger partial charge in [0.1, 0.15) is 0 Å². The minimum absolute atomic E-state index is 0.234. The smallest absolute Gasteiger partial charge is 0.227 e. The van der Waals surface area contributed by atoms with E-state index in [1.54, 1.807) is 0 Å². The van der Waals surface area contributed by atoms with Crippen LogP contribution in [-0.2, 0) is 11.3 Å². The predicted octanol–water partition coefficient (Wildman–Crippen LogP) is 3.22. The molecular weight excluding hydrogens is 284 g/mol. The molecule has 3 nitrogen and oxygen atoms in total. The Morgan fingerprint density at radius 3 is 2.65 bits per heavy atom. The third-order valence-electron chi connectivity index (χ3n) is 6.20. The number of piperidine rings is 1. The summed E-state index contributed by atoms with van der Waals surface area (Å²) in [7, 11) is 0. The van der Waals surface area contributed by atoms with Crippen LogP contribution in [0.2, 0.25) is 0 Å². The summed E-state index contributed by atoms with van der Waals surface area (Å²) in [5.41, 5.74) is 2.77. The molecule has 2 bridgehead atoms. The van der Waals surface area contributed by atoms with Crippen molar-refractivity contribution < 1.29 is 4.79 Å². The first-order valence-electron chi connectivity index (χ1n) is 9.28. The van der Waals surface area contributed by atoms with Gasteiger partial charge in [-0.3, -0.25) is 9.69 Å². The van der Waals surface area contributed by atoms with E-state index in [2.05, 4.69) is 41.0 Å². The average Bonchev–Trinajstić information content (AvgIpc) is 2.76. The molecule has 3 heteroatoms. The molecule has 4 aliphatic rings. The van der Waals surface area contributed by atoms with E-state index >= 15 is 0 Å². The zero-order valence-corrected chi connectivity index (χ0v) is 14.2. The standard InChI is InChI=1S/C20H28N2O/c1-15-5-2-3-8-17(15)12-21-13-18-9-10-19(14-21)22(20(18)23)11-16-6-4-7-16/h2-3,5,8,16,18-19H,4,6-7,9-14H2,1H3/t18-,19+/m1/s1. The van der Waals surface area contributed by atoms with Gasteiger partial charge in [0.2, 0.25) is 5.91 Å². The van der Waals surface area contributed by atoms with Crippen LogP contribution in [0.5, 0.6) is 0 Å². The lowest BCUT2D eigenvalue weighted by atomic mass is 9.83. The van der Waals surface area contributed by atoms with Gasteiger partial charge in [-0.05, 0) is 49.7 Å². The van der Waals surface area contributed by atoms with Crippen molar-refractivity contribution in [3.63, 3.8) is 0 Å². The topological polar surface area (TPSA) is 23.6 Å². The van der Waals surface area contributed by atoms with E-state index in [-0.39, 0.29) is 5.92 Å². The molecule has 0 aromatic heterocycles. The summed E-state index contributed by atoms with van der Waals surface area (Å²) < 4.78 is 0. The lowest BCUT2D eigenvalue weighted by Crippen LogP contribution is -2.50. The maximum Gasteiger partial charge on any atom is 0.227 e. The average molecular weight is 312 g/mol. The Morgan fingerprint density at radius 1 is 1.09 bits per heavy atom. The highest BCUT2D eigenvalue weighted by Gasteiger charge is 2.41. The molecule has 0 radical (unpaired) electrons. The van der Waals surface area contributed by atoms with E-state index in [0.29, 0.717) is 11.9 Å². The SMILES string of the molecule is Cc1ccccc1CN1C[C@H]2CC[C@@H](C1)N(CC1CCC1)C2=O. The van der Waals surface area contributed by atoms with Crippen LogP contribution in [0, 0.1) is 18.8 Å². The molecule has 3 saturated heterocycles. The molecule has 0 unspecified atom stereocenters. The molecule has 23 heavy (non-hydrogen) atoms. The van der Waals surface area contributed by atoms with Crippen LogP contribution in [0.15, 0.2) is 24.3 Å². The number of rotatable bonds is 4. The van der Waals surface area contributed by atoms with Crippen molar-refractivity contribution in [3.05, 3.63) is 35.4 Å². The van der Waals surface area contributed by atoms with Crippen LogP contribution >= 0.6 is 0 Å². The van der Waals surface area contributed by atoms with E-state index in [1.165, 1.54) is 36.8 Å². The van der Waals surface area contributed by atoms with Gasteiger partial charge >= 0.3 is 0 Å². The van der Waals surface area contributed by atoms with E-state index in [0.717, 1.165) is 38.5 Å². The number of hydrogen-bond donors (Lipinski definition) is 0. The Labute approximate surface area is 139 Å². The first-order chi connectivity index (χ1) is 11.2. The maximum absolute atomic E-state index is 12.8. The molecule has 1 aliphatic carbocycles. The fraction of sp³-hybridized carbons (Fsp3) is 0.650. The van der Waals surface area contributed by atoms with Crippen molar-refractivity contribution in [3.8, 4) is 0 Å². The summed E-state index contributed by atoms with van der Waals surface area (Å²) in [4.78, 5) is 17.6. The van der Waals surface area contributed by atoms with Gasteiger partial charge < -0.3 is 4.90 Å². The third kappa shape index (κ3) is 3.03. The highest BCUT2D eigenvalue weighted by atomic mass is 16.2. The second kappa shape index (κ2) is 6.27. The van der Waals surface area contributed by atoms with Gasteiger partial charge in [-0.15, -0.1) is 0 Å². The Bertz CT molecular complexity index is 581. The molecule has 3 aliphatic heterocycles. The Balaban J connectivity index is 1.48. The fourth-order valence-electron chi connectivity index (χ4n) is 4.48. The summed E-state index contributed by atoms with van der Waals surface area (Å²) in [6, 6.07) is 9.11. The molecule has 1 saturated carbocycles. The molecule has 0 spiro atoms. The van der Waals surface area contributed by atoms with E-state index in [4.69, 9.17) is 0 Å². The van der Waals surface area contributed by atoms with Crippen molar-refractivity contribution >= 4 is 5.91 Å². The van der Waals surface area contributed by atoms with Crippen molar-refractivity contribution in [1.82, 2.24) is 9.80 Å². The highest BCUT2D eigenvalue weighted by Crippen LogP contribution is 2.34.